The molecule has 0 fully saturated rings. The van der Waals surface area contributed by atoms with Crippen molar-refractivity contribution in [3.63, 3.8) is 0 Å². The van der Waals surface area contributed by atoms with E-state index >= 15 is 0 Å². The van der Waals surface area contributed by atoms with Gasteiger partial charge in [-0.3, -0.25) is 0 Å². The monoisotopic (exact) mass is 289 g/mol. The predicted octanol–water partition coefficient (Wildman–Crippen LogP) is 4.22. The van der Waals surface area contributed by atoms with E-state index in [0.717, 1.165) is 6.54 Å². The highest BCUT2D eigenvalue weighted by Gasteiger charge is 2.07. The van der Waals surface area contributed by atoms with Gasteiger partial charge in [0.25, 0.3) is 0 Å². The van der Waals surface area contributed by atoms with Gasteiger partial charge in [0.15, 0.2) is 0 Å². The fourth-order valence-electron chi connectivity index (χ4n) is 1.37. The molecule has 3 heteroatoms. The maximum Gasteiger partial charge on any atom is 0.0285 e. The predicted molar refractivity (Wildman–Crippen MR) is 72.7 cm³/mol. The number of halogens is 1. The molecule has 0 saturated heterocycles. The first-order valence-electron chi connectivity index (χ1n) is 5.45. The molecule has 0 spiro atoms. The zero-order valence-electron chi connectivity index (χ0n) is 9.77. The van der Waals surface area contributed by atoms with E-state index in [-0.39, 0.29) is 5.54 Å². The average Bonchev–Trinajstić information content (AvgIpc) is 2.49. The minimum absolute atomic E-state index is 0.256. The van der Waals surface area contributed by atoms with Crippen LogP contribution in [0.3, 0.4) is 0 Å². The van der Waals surface area contributed by atoms with Crippen LogP contribution in [0.4, 0.5) is 0 Å². The quantitative estimate of drug-likeness (QED) is 0.801. The van der Waals surface area contributed by atoms with Crippen LogP contribution in [0.2, 0.25) is 0 Å². The van der Waals surface area contributed by atoms with Gasteiger partial charge in [-0.15, -0.1) is 11.3 Å². The normalized spacial score (nSPS) is 12.0. The van der Waals surface area contributed by atoms with E-state index in [4.69, 9.17) is 0 Å². The largest absolute Gasteiger partial charge is 0.312 e. The number of hydrogen-bond donors (Lipinski definition) is 1. The van der Waals surface area contributed by atoms with Crippen LogP contribution in [-0.2, 0) is 6.42 Å². The van der Waals surface area contributed by atoms with Crippen molar-refractivity contribution in [1.29, 1.82) is 0 Å². The number of hydrogen-bond acceptors (Lipinski definition) is 2. The third-order valence-corrected chi connectivity index (χ3v) is 3.88. The van der Waals surface area contributed by atoms with E-state index in [0.29, 0.717) is 0 Å². The van der Waals surface area contributed by atoms with Crippen molar-refractivity contribution in [2.75, 3.05) is 6.54 Å². The van der Waals surface area contributed by atoms with Gasteiger partial charge in [-0.05, 0) is 68.6 Å². The van der Waals surface area contributed by atoms with Gasteiger partial charge < -0.3 is 5.32 Å². The Hall–Kier alpha value is 0.140. The topological polar surface area (TPSA) is 12.0 Å². The van der Waals surface area contributed by atoms with Crippen LogP contribution in [0.15, 0.2) is 15.9 Å². The van der Waals surface area contributed by atoms with E-state index in [1.807, 2.05) is 11.3 Å². The van der Waals surface area contributed by atoms with E-state index in [1.165, 1.54) is 28.6 Å². The van der Waals surface area contributed by atoms with Gasteiger partial charge >= 0.3 is 0 Å². The maximum absolute atomic E-state index is 3.51. The van der Waals surface area contributed by atoms with Crippen LogP contribution in [0.1, 0.15) is 38.5 Å². The molecule has 1 N–H and O–H groups in total. The first-order chi connectivity index (χ1) is 6.97. The lowest BCUT2D eigenvalue weighted by Gasteiger charge is -2.20. The lowest BCUT2D eigenvalue weighted by molar-refractivity contribution is 0.419. The number of nitrogens with one attached hydrogen (secondary N) is 1. The summed E-state index contributed by atoms with van der Waals surface area (Å²) in [6, 6.07) is 2.22. The van der Waals surface area contributed by atoms with Gasteiger partial charge in [-0.1, -0.05) is 0 Å². The van der Waals surface area contributed by atoms with Crippen LogP contribution in [0, 0.1) is 0 Å². The molecule has 0 aliphatic rings. The van der Waals surface area contributed by atoms with Gasteiger partial charge in [-0.2, -0.15) is 0 Å². The van der Waals surface area contributed by atoms with Gasteiger partial charge in [0.05, 0.1) is 0 Å². The first-order valence-corrected chi connectivity index (χ1v) is 7.12. The summed E-state index contributed by atoms with van der Waals surface area (Å²) in [6.45, 7) is 7.76. The first kappa shape index (κ1) is 13.2. The molecule has 0 unspecified atom stereocenters. The molecule has 0 aliphatic carbocycles. The molecule has 0 aromatic carbocycles. The second-order valence-corrected chi connectivity index (χ2v) is 6.78. The lowest BCUT2D eigenvalue weighted by Crippen LogP contribution is -2.36. The zero-order chi connectivity index (χ0) is 11.3. The molecule has 1 heterocycles. The van der Waals surface area contributed by atoms with Crippen molar-refractivity contribution >= 4 is 27.3 Å². The van der Waals surface area contributed by atoms with Crippen LogP contribution in [0.5, 0.6) is 0 Å². The maximum atomic E-state index is 3.51. The minimum Gasteiger partial charge on any atom is -0.312 e. The van der Waals surface area contributed by atoms with Crippen molar-refractivity contribution in [3.05, 3.63) is 20.8 Å². The number of aryl methyl sites for hydroxylation is 1. The van der Waals surface area contributed by atoms with Crippen LogP contribution < -0.4 is 5.32 Å². The molecule has 0 atom stereocenters. The second-order valence-electron chi connectivity index (χ2n) is 4.87. The summed E-state index contributed by atoms with van der Waals surface area (Å²) in [5.41, 5.74) is 0.256. The Balaban J connectivity index is 2.07. The Kier molecular flexibility index (Phi) is 5.30. The Morgan fingerprint density at radius 2 is 2.07 bits per heavy atom. The standard InChI is InChI=1S/C12H20BrNS/c1-12(2,3)14-7-5-4-6-11-8-10(13)9-15-11/h8-9,14H,4-7H2,1-3H3. The highest BCUT2D eigenvalue weighted by atomic mass is 79.9. The fraction of sp³-hybridized carbons (Fsp3) is 0.667. The summed E-state index contributed by atoms with van der Waals surface area (Å²) < 4.78 is 1.22. The molecular formula is C12H20BrNS. The summed E-state index contributed by atoms with van der Waals surface area (Å²) in [7, 11) is 0. The summed E-state index contributed by atoms with van der Waals surface area (Å²) in [5.74, 6) is 0. The van der Waals surface area contributed by atoms with Gasteiger partial charge in [0, 0.05) is 20.3 Å². The highest BCUT2D eigenvalue weighted by Crippen LogP contribution is 2.21. The SMILES string of the molecule is CC(C)(C)NCCCCc1cc(Br)cs1. The lowest BCUT2D eigenvalue weighted by atomic mass is 10.1. The van der Waals surface area contributed by atoms with Gasteiger partial charge in [-0.25, -0.2) is 0 Å². The Bertz CT molecular complexity index is 288. The molecule has 86 valence electrons. The molecule has 0 amide bonds. The molecule has 0 radical (unpaired) electrons. The van der Waals surface area contributed by atoms with Crippen LogP contribution in [0.25, 0.3) is 0 Å². The molecule has 0 bridgehead atoms. The number of thiophene rings is 1. The molecule has 1 nitrogen and oxygen atoms in total. The molecule has 15 heavy (non-hydrogen) atoms. The van der Waals surface area contributed by atoms with Crippen molar-refractivity contribution in [3.8, 4) is 0 Å². The highest BCUT2D eigenvalue weighted by molar-refractivity contribution is 9.10. The third-order valence-electron chi connectivity index (χ3n) is 2.13. The Morgan fingerprint density at radius 1 is 1.33 bits per heavy atom. The van der Waals surface area contributed by atoms with Gasteiger partial charge in [0.2, 0.25) is 0 Å². The summed E-state index contributed by atoms with van der Waals surface area (Å²) >= 11 is 5.32. The minimum atomic E-state index is 0.256. The molecular weight excluding hydrogens is 270 g/mol. The number of rotatable bonds is 5. The third kappa shape index (κ3) is 6.33. The smallest absolute Gasteiger partial charge is 0.0285 e. The van der Waals surface area contributed by atoms with Crippen LogP contribution in [-0.4, -0.2) is 12.1 Å². The molecule has 1 rings (SSSR count). The van der Waals surface area contributed by atoms with E-state index in [1.54, 1.807) is 0 Å². The van der Waals surface area contributed by atoms with E-state index < -0.39 is 0 Å². The number of unbranched alkanes of at least 4 members (excludes halogenated alkanes) is 1. The van der Waals surface area contributed by atoms with Crippen molar-refractivity contribution in [2.24, 2.45) is 0 Å². The van der Waals surface area contributed by atoms with E-state index in [2.05, 4.69) is 53.5 Å². The summed E-state index contributed by atoms with van der Waals surface area (Å²) in [5, 5.41) is 5.66. The molecule has 1 aromatic rings. The second kappa shape index (κ2) is 6.02. The van der Waals surface area contributed by atoms with Gasteiger partial charge in [0.1, 0.15) is 0 Å². The fourth-order valence-corrected chi connectivity index (χ4v) is 2.87. The summed E-state index contributed by atoms with van der Waals surface area (Å²) in [4.78, 5) is 1.48. The Labute approximate surface area is 105 Å². The molecule has 0 aliphatic heterocycles. The van der Waals surface area contributed by atoms with E-state index in [9.17, 15) is 0 Å². The van der Waals surface area contributed by atoms with Crippen molar-refractivity contribution in [1.82, 2.24) is 5.32 Å². The van der Waals surface area contributed by atoms with Crippen LogP contribution >= 0.6 is 27.3 Å². The Morgan fingerprint density at radius 3 is 2.60 bits per heavy atom. The molecule has 0 saturated carbocycles. The van der Waals surface area contributed by atoms with Crippen molar-refractivity contribution in [2.45, 2.75) is 45.6 Å². The summed E-state index contributed by atoms with van der Waals surface area (Å²) in [6.07, 6.45) is 3.74. The van der Waals surface area contributed by atoms with Crippen molar-refractivity contribution < 1.29 is 0 Å². The molecule has 1 aromatic heterocycles. The zero-order valence-corrected chi connectivity index (χ0v) is 12.2. The average molecular weight is 290 g/mol.